The van der Waals surface area contributed by atoms with Crippen LogP contribution in [0.25, 0.3) is 0 Å². The molecule has 0 fully saturated rings. The lowest BCUT2D eigenvalue weighted by Crippen LogP contribution is -2.15. The third-order valence-corrected chi connectivity index (χ3v) is 2.85. The molecule has 0 heterocycles. The van der Waals surface area contributed by atoms with Crippen LogP contribution in [0.15, 0.2) is 24.3 Å². The van der Waals surface area contributed by atoms with Gasteiger partial charge in [-0.1, -0.05) is 32.9 Å². The normalized spacial score (nSPS) is 13.5. The minimum absolute atomic E-state index is 0.167. The van der Waals surface area contributed by atoms with Crippen molar-refractivity contribution in [3.05, 3.63) is 29.8 Å². The molecule has 2 nitrogen and oxygen atoms in total. The third-order valence-electron chi connectivity index (χ3n) is 2.85. The maximum Gasteiger partial charge on any atom is 0.119 e. The van der Waals surface area contributed by atoms with Gasteiger partial charge in [-0.15, -0.1) is 0 Å². The van der Waals surface area contributed by atoms with Crippen LogP contribution in [0.2, 0.25) is 0 Å². The van der Waals surface area contributed by atoms with Gasteiger partial charge in [-0.05, 0) is 49.4 Å². The fourth-order valence-corrected chi connectivity index (χ4v) is 1.73. The maximum absolute atomic E-state index is 5.90. The molecule has 0 aliphatic heterocycles. The Kier molecular flexibility index (Phi) is 5.01. The molecule has 17 heavy (non-hydrogen) atoms. The molecular weight excluding hydrogens is 210 g/mol. The summed E-state index contributed by atoms with van der Waals surface area (Å²) in [5.74, 6) is 0.960. The Morgan fingerprint density at radius 3 is 2.59 bits per heavy atom. The molecular formula is C15H25NO. The lowest BCUT2D eigenvalue weighted by molar-refractivity contribution is 0.208. The number of nitrogens with two attached hydrogens (primary N) is 1. The summed E-state index contributed by atoms with van der Waals surface area (Å²) in [5, 5.41) is 0. The average Bonchev–Trinajstić information content (AvgIpc) is 2.25. The Labute approximate surface area is 105 Å². The first-order valence-corrected chi connectivity index (χ1v) is 6.41. The van der Waals surface area contributed by atoms with Gasteiger partial charge in [-0.3, -0.25) is 0 Å². The monoisotopic (exact) mass is 235 g/mol. The van der Waals surface area contributed by atoms with Gasteiger partial charge in [0.25, 0.3) is 0 Å². The molecule has 1 rings (SSSR count). The standard InChI is InChI=1S/C15H25NO/c1-12(7-6-10-16)17-14-9-5-8-13(11-14)15(2,3)4/h5,8-9,11-12H,6-7,10,16H2,1-4H3. The molecule has 0 aromatic heterocycles. The van der Waals surface area contributed by atoms with Crippen LogP contribution in [0.3, 0.4) is 0 Å². The van der Waals surface area contributed by atoms with E-state index in [1.54, 1.807) is 0 Å². The molecule has 1 aromatic carbocycles. The zero-order valence-corrected chi connectivity index (χ0v) is 11.5. The van der Waals surface area contributed by atoms with Gasteiger partial charge in [-0.2, -0.15) is 0 Å². The molecule has 0 saturated heterocycles. The lowest BCUT2D eigenvalue weighted by atomic mass is 9.87. The minimum Gasteiger partial charge on any atom is -0.491 e. The summed E-state index contributed by atoms with van der Waals surface area (Å²) in [5.41, 5.74) is 6.97. The minimum atomic E-state index is 0.167. The maximum atomic E-state index is 5.90. The molecule has 2 N–H and O–H groups in total. The lowest BCUT2D eigenvalue weighted by Gasteiger charge is -2.21. The smallest absolute Gasteiger partial charge is 0.119 e. The summed E-state index contributed by atoms with van der Waals surface area (Å²) < 4.78 is 5.90. The first-order valence-electron chi connectivity index (χ1n) is 6.41. The first-order chi connectivity index (χ1) is 7.93. The number of hydrogen-bond acceptors (Lipinski definition) is 2. The fraction of sp³-hybridized carbons (Fsp3) is 0.600. The molecule has 0 saturated carbocycles. The van der Waals surface area contributed by atoms with E-state index in [1.165, 1.54) is 5.56 Å². The van der Waals surface area contributed by atoms with E-state index in [9.17, 15) is 0 Å². The van der Waals surface area contributed by atoms with Crippen LogP contribution >= 0.6 is 0 Å². The van der Waals surface area contributed by atoms with E-state index in [4.69, 9.17) is 10.5 Å². The highest BCUT2D eigenvalue weighted by molar-refractivity contribution is 5.32. The van der Waals surface area contributed by atoms with Gasteiger partial charge in [0.1, 0.15) is 5.75 Å². The van der Waals surface area contributed by atoms with Gasteiger partial charge in [0.05, 0.1) is 6.10 Å². The SMILES string of the molecule is CC(CCCN)Oc1cccc(C(C)(C)C)c1. The molecule has 1 unspecified atom stereocenters. The van der Waals surface area contributed by atoms with E-state index in [0.29, 0.717) is 0 Å². The summed E-state index contributed by atoms with van der Waals surface area (Å²) in [4.78, 5) is 0. The van der Waals surface area contributed by atoms with Crippen molar-refractivity contribution in [2.45, 2.75) is 52.1 Å². The van der Waals surface area contributed by atoms with Crippen LogP contribution in [0.1, 0.15) is 46.1 Å². The van der Waals surface area contributed by atoms with Crippen molar-refractivity contribution in [3.8, 4) is 5.75 Å². The molecule has 2 heteroatoms. The van der Waals surface area contributed by atoms with Gasteiger partial charge < -0.3 is 10.5 Å². The molecule has 96 valence electrons. The Morgan fingerprint density at radius 2 is 2.00 bits per heavy atom. The Bertz CT molecular complexity index is 341. The van der Waals surface area contributed by atoms with Crippen LogP contribution in [-0.4, -0.2) is 12.6 Å². The fourth-order valence-electron chi connectivity index (χ4n) is 1.73. The first kappa shape index (κ1) is 14.0. The summed E-state index contributed by atoms with van der Waals surface area (Å²) in [6.45, 7) is 9.47. The van der Waals surface area contributed by atoms with E-state index >= 15 is 0 Å². The summed E-state index contributed by atoms with van der Waals surface area (Å²) in [6, 6.07) is 8.37. The molecule has 0 aliphatic rings. The van der Waals surface area contributed by atoms with Crippen molar-refractivity contribution in [2.75, 3.05) is 6.54 Å². The second-order valence-corrected chi connectivity index (χ2v) is 5.64. The van der Waals surface area contributed by atoms with E-state index in [2.05, 4.69) is 45.9 Å². The van der Waals surface area contributed by atoms with E-state index in [1.807, 2.05) is 6.07 Å². The van der Waals surface area contributed by atoms with Gasteiger partial charge in [-0.25, -0.2) is 0 Å². The number of hydrogen-bond donors (Lipinski definition) is 1. The van der Waals surface area contributed by atoms with Crippen LogP contribution in [0.5, 0.6) is 5.75 Å². The second-order valence-electron chi connectivity index (χ2n) is 5.64. The van der Waals surface area contributed by atoms with Crippen molar-refractivity contribution < 1.29 is 4.74 Å². The van der Waals surface area contributed by atoms with Crippen molar-refractivity contribution in [1.29, 1.82) is 0 Å². The highest BCUT2D eigenvalue weighted by Crippen LogP contribution is 2.26. The second kappa shape index (κ2) is 6.06. The highest BCUT2D eigenvalue weighted by atomic mass is 16.5. The predicted octanol–water partition coefficient (Wildman–Crippen LogP) is 3.49. The molecule has 0 bridgehead atoms. The molecule has 1 aromatic rings. The van der Waals surface area contributed by atoms with Gasteiger partial charge in [0, 0.05) is 0 Å². The quantitative estimate of drug-likeness (QED) is 0.848. The molecule has 0 amide bonds. The molecule has 0 aliphatic carbocycles. The van der Waals surface area contributed by atoms with Crippen LogP contribution in [0.4, 0.5) is 0 Å². The molecule has 0 spiro atoms. The van der Waals surface area contributed by atoms with E-state index in [0.717, 1.165) is 25.1 Å². The Balaban J connectivity index is 2.66. The van der Waals surface area contributed by atoms with Gasteiger partial charge in [0.15, 0.2) is 0 Å². The molecule has 1 atom stereocenters. The van der Waals surface area contributed by atoms with Crippen molar-refractivity contribution in [2.24, 2.45) is 5.73 Å². The topological polar surface area (TPSA) is 35.2 Å². The third kappa shape index (κ3) is 4.78. The van der Waals surface area contributed by atoms with Gasteiger partial charge in [0.2, 0.25) is 0 Å². The summed E-state index contributed by atoms with van der Waals surface area (Å²) in [6.07, 6.45) is 2.25. The Morgan fingerprint density at radius 1 is 1.29 bits per heavy atom. The summed E-state index contributed by atoms with van der Waals surface area (Å²) in [7, 11) is 0. The largest absolute Gasteiger partial charge is 0.491 e. The van der Waals surface area contributed by atoms with Crippen LogP contribution in [-0.2, 0) is 5.41 Å². The van der Waals surface area contributed by atoms with E-state index < -0.39 is 0 Å². The number of rotatable bonds is 5. The van der Waals surface area contributed by atoms with E-state index in [-0.39, 0.29) is 11.5 Å². The number of ether oxygens (including phenoxy) is 1. The van der Waals surface area contributed by atoms with Crippen molar-refractivity contribution in [1.82, 2.24) is 0 Å². The molecule has 0 radical (unpaired) electrons. The average molecular weight is 235 g/mol. The summed E-state index contributed by atoms with van der Waals surface area (Å²) >= 11 is 0. The van der Waals surface area contributed by atoms with Gasteiger partial charge >= 0.3 is 0 Å². The zero-order chi connectivity index (χ0) is 12.9. The Hall–Kier alpha value is -1.02. The van der Waals surface area contributed by atoms with Crippen LogP contribution in [0, 0.1) is 0 Å². The number of benzene rings is 1. The highest BCUT2D eigenvalue weighted by Gasteiger charge is 2.14. The van der Waals surface area contributed by atoms with Crippen molar-refractivity contribution >= 4 is 0 Å². The predicted molar refractivity (Wildman–Crippen MR) is 73.5 cm³/mol. The van der Waals surface area contributed by atoms with Crippen molar-refractivity contribution in [3.63, 3.8) is 0 Å². The zero-order valence-electron chi connectivity index (χ0n) is 11.5. The van der Waals surface area contributed by atoms with Crippen LogP contribution < -0.4 is 10.5 Å².